The molecule has 0 saturated carbocycles. The Balaban J connectivity index is 1.93. The monoisotopic (exact) mass is 326 g/mol. The molecule has 0 amide bonds. The number of anilines is 1. The second-order valence-electron chi connectivity index (χ2n) is 5.76. The molecule has 0 aliphatic heterocycles. The van der Waals surface area contributed by atoms with Gasteiger partial charge in [0.2, 0.25) is 0 Å². The van der Waals surface area contributed by atoms with Gasteiger partial charge in [0, 0.05) is 5.56 Å². The summed E-state index contributed by atoms with van der Waals surface area (Å²) in [6.45, 7) is 1.88. The molecular formula is C20H14N4O. The van der Waals surface area contributed by atoms with E-state index in [1.54, 1.807) is 0 Å². The average Bonchev–Trinajstić information content (AvgIpc) is 3.07. The third-order valence-electron chi connectivity index (χ3n) is 4.04. The molecule has 0 radical (unpaired) electrons. The second-order valence-corrected chi connectivity index (χ2v) is 5.76. The van der Waals surface area contributed by atoms with Gasteiger partial charge in [-0.05, 0) is 42.0 Å². The SMILES string of the molecule is Cc1ccc(-c2nc(N)cnc2-c2ccc3c(C#N)cccc3c2)o1. The first-order valence-corrected chi connectivity index (χ1v) is 7.78. The zero-order valence-corrected chi connectivity index (χ0v) is 13.5. The van der Waals surface area contributed by atoms with Crippen molar-refractivity contribution in [1.82, 2.24) is 9.97 Å². The molecule has 0 aliphatic carbocycles. The van der Waals surface area contributed by atoms with Gasteiger partial charge >= 0.3 is 0 Å². The third-order valence-corrected chi connectivity index (χ3v) is 4.04. The molecule has 25 heavy (non-hydrogen) atoms. The van der Waals surface area contributed by atoms with Crippen molar-refractivity contribution in [3.63, 3.8) is 0 Å². The molecule has 0 aliphatic rings. The Morgan fingerprint density at radius 1 is 1.08 bits per heavy atom. The van der Waals surface area contributed by atoms with Gasteiger partial charge in [0.25, 0.3) is 0 Å². The number of furan rings is 1. The van der Waals surface area contributed by atoms with E-state index in [0.29, 0.717) is 28.5 Å². The fourth-order valence-electron chi connectivity index (χ4n) is 2.88. The summed E-state index contributed by atoms with van der Waals surface area (Å²) < 4.78 is 5.71. The summed E-state index contributed by atoms with van der Waals surface area (Å²) in [6.07, 6.45) is 1.53. The van der Waals surface area contributed by atoms with Gasteiger partial charge in [-0.25, -0.2) is 9.97 Å². The lowest BCUT2D eigenvalue weighted by Crippen LogP contribution is -1.97. The van der Waals surface area contributed by atoms with E-state index in [1.807, 2.05) is 55.5 Å². The highest BCUT2D eigenvalue weighted by molar-refractivity contribution is 5.92. The maximum atomic E-state index is 9.25. The highest BCUT2D eigenvalue weighted by Crippen LogP contribution is 2.32. The topological polar surface area (TPSA) is 88.7 Å². The number of aryl methyl sites for hydroxylation is 1. The molecule has 2 heterocycles. The Bertz CT molecular complexity index is 1140. The number of hydrogen-bond donors (Lipinski definition) is 1. The Morgan fingerprint density at radius 2 is 1.96 bits per heavy atom. The lowest BCUT2D eigenvalue weighted by molar-refractivity contribution is 0.546. The van der Waals surface area contributed by atoms with Crippen molar-refractivity contribution in [2.24, 2.45) is 0 Å². The Labute approximate surface area is 144 Å². The largest absolute Gasteiger partial charge is 0.460 e. The first-order valence-electron chi connectivity index (χ1n) is 7.78. The maximum absolute atomic E-state index is 9.25. The Hall–Kier alpha value is -3.65. The maximum Gasteiger partial charge on any atom is 0.154 e. The molecule has 120 valence electrons. The molecule has 2 aromatic carbocycles. The van der Waals surface area contributed by atoms with Gasteiger partial charge in [-0.3, -0.25) is 0 Å². The summed E-state index contributed by atoms with van der Waals surface area (Å²) >= 11 is 0. The van der Waals surface area contributed by atoms with Crippen LogP contribution in [-0.2, 0) is 0 Å². The summed E-state index contributed by atoms with van der Waals surface area (Å²) in [7, 11) is 0. The number of nitrogens with two attached hydrogens (primary N) is 1. The van der Waals surface area contributed by atoms with E-state index in [4.69, 9.17) is 10.2 Å². The summed E-state index contributed by atoms with van der Waals surface area (Å²) in [4.78, 5) is 8.89. The van der Waals surface area contributed by atoms with E-state index in [9.17, 15) is 5.26 Å². The van der Waals surface area contributed by atoms with Crippen molar-refractivity contribution in [2.45, 2.75) is 6.92 Å². The smallest absolute Gasteiger partial charge is 0.154 e. The van der Waals surface area contributed by atoms with Crippen LogP contribution in [0.25, 0.3) is 33.5 Å². The minimum Gasteiger partial charge on any atom is -0.460 e. The normalized spacial score (nSPS) is 10.7. The zero-order chi connectivity index (χ0) is 17.4. The highest BCUT2D eigenvalue weighted by Gasteiger charge is 2.15. The van der Waals surface area contributed by atoms with Gasteiger partial charge in [-0.1, -0.05) is 24.3 Å². The van der Waals surface area contributed by atoms with Crippen LogP contribution in [0.5, 0.6) is 0 Å². The molecule has 0 saturated heterocycles. The molecule has 0 unspecified atom stereocenters. The van der Waals surface area contributed by atoms with Crippen molar-refractivity contribution in [3.8, 4) is 28.8 Å². The first-order chi connectivity index (χ1) is 12.2. The Kier molecular flexibility index (Phi) is 3.44. The van der Waals surface area contributed by atoms with Crippen molar-refractivity contribution in [1.29, 1.82) is 5.26 Å². The molecular weight excluding hydrogens is 312 g/mol. The van der Waals surface area contributed by atoms with Crippen LogP contribution >= 0.6 is 0 Å². The molecule has 5 heteroatoms. The summed E-state index contributed by atoms with van der Waals surface area (Å²) in [5.41, 5.74) is 8.65. The Morgan fingerprint density at radius 3 is 2.72 bits per heavy atom. The fourth-order valence-corrected chi connectivity index (χ4v) is 2.88. The van der Waals surface area contributed by atoms with Crippen LogP contribution < -0.4 is 5.73 Å². The van der Waals surface area contributed by atoms with E-state index < -0.39 is 0 Å². The van der Waals surface area contributed by atoms with E-state index in [2.05, 4.69) is 16.0 Å². The predicted octanol–water partition coefficient (Wildman–Crippen LogP) is 4.32. The van der Waals surface area contributed by atoms with Crippen LogP contribution in [-0.4, -0.2) is 9.97 Å². The molecule has 2 N–H and O–H groups in total. The van der Waals surface area contributed by atoms with Gasteiger partial charge in [0.15, 0.2) is 5.76 Å². The van der Waals surface area contributed by atoms with Crippen molar-refractivity contribution >= 4 is 16.6 Å². The zero-order valence-electron chi connectivity index (χ0n) is 13.5. The van der Waals surface area contributed by atoms with Crippen molar-refractivity contribution in [2.75, 3.05) is 5.73 Å². The number of fused-ring (bicyclic) bond motifs is 1. The predicted molar refractivity (Wildman–Crippen MR) is 96.5 cm³/mol. The van der Waals surface area contributed by atoms with Crippen LogP contribution in [0.1, 0.15) is 11.3 Å². The van der Waals surface area contributed by atoms with E-state index >= 15 is 0 Å². The van der Waals surface area contributed by atoms with Gasteiger partial charge < -0.3 is 10.2 Å². The molecule has 0 atom stereocenters. The van der Waals surface area contributed by atoms with Crippen LogP contribution in [0.2, 0.25) is 0 Å². The minimum atomic E-state index is 0.334. The second kappa shape index (κ2) is 5.77. The molecule has 2 aromatic heterocycles. The van der Waals surface area contributed by atoms with Crippen LogP contribution in [0.3, 0.4) is 0 Å². The molecule has 5 nitrogen and oxygen atoms in total. The number of benzene rings is 2. The van der Waals surface area contributed by atoms with Crippen LogP contribution in [0.4, 0.5) is 5.82 Å². The van der Waals surface area contributed by atoms with Crippen molar-refractivity contribution in [3.05, 3.63) is 66.1 Å². The number of nitriles is 1. The third kappa shape index (κ3) is 2.60. The summed E-state index contributed by atoms with van der Waals surface area (Å²) in [6, 6.07) is 17.5. The van der Waals surface area contributed by atoms with E-state index in [1.165, 1.54) is 6.20 Å². The van der Waals surface area contributed by atoms with Gasteiger partial charge in [-0.2, -0.15) is 5.26 Å². The number of nitrogens with zero attached hydrogens (tertiary/aromatic N) is 3. The van der Waals surface area contributed by atoms with Gasteiger partial charge in [-0.15, -0.1) is 0 Å². The van der Waals surface area contributed by atoms with Gasteiger partial charge in [0.1, 0.15) is 17.3 Å². The quantitative estimate of drug-likeness (QED) is 0.592. The van der Waals surface area contributed by atoms with Crippen LogP contribution in [0.15, 0.2) is 59.1 Å². The first kappa shape index (κ1) is 14.9. The summed E-state index contributed by atoms with van der Waals surface area (Å²) in [5.74, 6) is 1.75. The lowest BCUT2D eigenvalue weighted by Gasteiger charge is -2.09. The number of hydrogen-bond acceptors (Lipinski definition) is 5. The summed E-state index contributed by atoms with van der Waals surface area (Å²) in [5, 5.41) is 11.1. The minimum absolute atomic E-state index is 0.334. The standard InChI is InChI=1S/C20H14N4O/c1-12-5-8-17(25-12)20-19(23-11-18(22)24-20)14-6-7-16-13(9-14)3-2-4-15(16)10-21/h2-9,11H,1H3,(H2,22,24). The van der Waals surface area contributed by atoms with Crippen LogP contribution in [0, 0.1) is 18.3 Å². The van der Waals surface area contributed by atoms with E-state index in [0.717, 1.165) is 22.1 Å². The van der Waals surface area contributed by atoms with E-state index in [-0.39, 0.29) is 0 Å². The highest BCUT2D eigenvalue weighted by atomic mass is 16.3. The van der Waals surface area contributed by atoms with Crippen molar-refractivity contribution < 1.29 is 4.42 Å². The molecule has 4 aromatic rings. The lowest BCUT2D eigenvalue weighted by atomic mass is 10.00. The molecule has 0 bridgehead atoms. The average molecular weight is 326 g/mol. The van der Waals surface area contributed by atoms with Gasteiger partial charge in [0.05, 0.1) is 23.5 Å². The number of nitrogen functional groups attached to an aromatic ring is 1. The molecule has 0 fully saturated rings. The molecule has 4 rings (SSSR count). The fraction of sp³-hybridized carbons (Fsp3) is 0.0500. The number of rotatable bonds is 2. The number of aromatic nitrogens is 2. The molecule has 0 spiro atoms.